The number of anilines is 1. The maximum Gasteiger partial charge on any atom is 0.341 e. The number of hydrogen-bond acceptors (Lipinski definition) is 11. The Morgan fingerprint density at radius 3 is 1.60 bits per heavy atom. The molecule has 15 heteroatoms. The Balaban J connectivity index is 0.000000378. The number of aromatic hydroxyl groups is 1. The number of amides is 1. The van der Waals surface area contributed by atoms with Crippen molar-refractivity contribution < 1.29 is 46.1 Å². The first-order valence-electron chi connectivity index (χ1n) is 15.5. The van der Waals surface area contributed by atoms with Crippen molar-refractivity contribution in [3.05, 3.63) is 94.3 Å². The van der Waals surface area contributed by atoms with Crippen LogP contribution < -0.4 is 14.8 Å². The molecule has 0 aliphatic rings. The first-order valence-corrected chi connectivity index (χ1v) is 18.6. The van der Waals surface area contributed by atoms with Gasteiger partial charge in [0.05, 0.1) is 27.6 Å². The fraction of sp³-hybridized carbons (Fsp3) is 0.297. The smallest absolute Gasteiger partial charge is 0.341 e. The van der Waals surface area contributed by atoms with Gasteiger partial charge in [-0.05, 0) is 71.8 Å². The molecule has 0 aromatic heterocycles. The molecule has 13 nitrogen and oxygen atoms in total. The molecular formula is C37H41N3O10S2. The molecule has 276 valence electrons. The van der Waals surface area contributed by atoms with Crippen molar-refractivity contribution >= 4 is 37.2 Å². The van der Waals surface area contributed by atoms with E-state index < -0.39 is 49.0 Å². The first kappa shape index (κ1) is 42.5. The summed E-state index contributed by atoms with van der Waals surface area (Å²) in [5, 5.41) is 39.8. The van der Waals surface area contributed by atoms with Crippen molar-refractivity contribution in [3.63, 3.8) is 0 Å². The lowest BCUT2D eigenvalue weighted by Crippen LogP contribution is -2.22. The number of nitrogens with one attached hydrogen (secondary N) is 1. The number of ether oxygens (including phenoxy) is 2. The third kappa shape index (κ3) is 12.6. The van der Waals surface area contributed by atoms with Gasteiger partial charge >= 0.3 is 5.97 Å². The second-order valence-electron chi connectivity index (χ2n) is 13.3. The van der Waals surface area contributed by atoms with Crippen LogP contribution in [-0.4, -0.2) is 52.1 Å². The van der Waals surface area contributed by atoms with Crippen LogP contribution in [0.3, 0.4) is 0 Å². The van der Waals surface area contributed by atoms with Crippen molar-refractivity contribution in [3.8, 4) is 29.4 Å². The molecule has 3 aromatic carbocycles. The van der Waals surface area contributed by atoms with Crippen LogP contribution in [0.15, 0.2) is 87.4 Å². The summed E-state index contributed by atoms with van der Waals surface area (Å²) < 4.78 is 59.7. The molecule has 0 saturated heterocycles. The number of carboxylic acids is 1. The molecule has 0 aliphatic heterocycles. The molecule has 0 bridgehead atoms. The minimum Gasteiger partial charge on any atom is -0.506 e. The van der Waals surface area contributed by atoms with E-state index in [1.165, 1.54) is 42.5 Å². The number of hydrogen-bond donors (Lipinski definition) is 3. The number of benzene rings is 3. The average Bonchev–Trinajstić information content (AvgIpc) is 3.05. The number of carboxylic acid groups (broad SMARTS) is 1. The third-order valence-electron chi connectivity index (χ3n) is 6.95. The van der Waals surface area contributed by atoms with Crippen molar-refractivity contribution in [1.82, 2.24) is 0 Å². The van der Waals surface area contributed by atoms with Crippen molar-refractivity contribution in [2.75, 3.05) is 18.5 Å². The van der Waals surface area contributed by atoms with Crippen LogP contribution >= 0.6 is 0 Å². The van der Waals surface area contributed by atoms with Gasteiger partial charge < -0.3 is 25.0 Å². The highest BCUT2D eigenvalue weighted by Gasteiger charge is 2.24. The van der Waals surface area contributed by atoms with Gasteiger partial charge in [0.25, 0.3) is 5.91 Å². The number of carbonyl (C=O) groups is 2. The van der Waals surface area contributed by atoms with Gasteiger partial charge in [0, 0.05) is 34.1 Å². The maximum atomic E-state index is 12.3. The van der Waals surface area contributed by atoms with E-state index in [1.54, 1.807) is 24.3 Å². The summed E-state index contributed by atoms with van der Waals surface area (Å²) in [5.74, 6) is -0.949. The normalized spacial score (nSPS) is 11.9. The number of aliphatic carboxylic acids is 1. The first-order chi connectivity index (χ1) is 24.0. The van der Waals surface area contributed by atoms with Gasteiger partial charge in [-0.2, -0.15) is 10.5 Å². The molecule has 0 heterocycles. The number of aryl methyl sites for hydroxylation is 1. The number of nitriles is 2. The van der Waals surface area contributed by atoms with Gasteiger partial charge in [0.2, 0.25) is 19.7 Å². The topological polar surface area (TPSA) is 221 Å². The van der Waals surface area contributed by atoms with Gasteiger partial charge in [-0.1, -0.05) is 47.6 Å². The quantitative estimate of drug-likeness (QED) is 0.150. The lowest BCUT2D eigenvalue weighted by atomic mass is 9.86. The second kappa shape index (κ2) is 17.5. The molecule has 3 N–H and O–H groups in total. The monoisotopic (exact) mass is 751 g/mol. The average molecular weight is 752 g/mol. The maximum absolute atomic E-state index is 12.3. The van der Waals surface area contributed by atoms with E-state index in [-0.39, 0.29) is 27.8 Å². The van der Waals surface area contributed by atoms with E-state index in [2.05, 4.69) is 5.32 Å². The number of allylic oxidation sites excluding steroid dienone is 2. The molecule has 0 radical (unpaired) electrons. The Bertz CT molecular complexity index is 2160. The standard InChI is InChI=1S/C22H24N2O5S.C15H17NO5S/c1-15-6-8-19(25)18(12-15)24-21(26)14-29-20-9-7-16(13-17(20)22(2,3)4)30(27,28)11-5-10-23;1-15(2,3)12-9-11(22(19,20)8-4-7-16)5-6-13(12)21-10-14(17)18/h5-9,11-13,25H,14H2,1-4H3,(H,24,26);4-6,8-9H,10H2,1-3H3,(H,17,18). The predicted molar refractivity (Wildman–Crippen MR) is 194 cm³/mol. The molecule has 0 aliphatic carbocycles. The van der Waals surface area contributed by atoms with E-state index >= 15 is 0 Å². The molecule has 0 saturated carbocycles. The second-order valence-corrected chi connectivity index (χ2v) is 17.0. The Morgan fingerprint density at radius 2 is 1.19 bits per heavy atom. The number of sulfone groups is 2. The van der Waals surface area contributed by atoms with E-state index in [0.29, 0.717) is 22.6 Å². The highest BCUT2D eigenvalue weighted by Crippen LogP contribution is 2.35. The van der Waals surface area contributed by atoms with Crippen LogP contribution in [0.25, 0.3) is 0 Å². The summed E-state index contributed by atoms with van der Waals surface area (Å²) in [5.41, 5.74) is 1.41. The van der Waals surface area contributed by atoms with E-state index in [0.717, 1.165) is 28.5 Å². The lowest BCUT2D eigenvalue weighted by molar-refractivity contribution is -0.139. The van der Waals surface area contributed by atoms with Gasteiger partial charge in [0.1, 0.15) is 17.2 Å². The van der Waals surface area contributed by atoms with Crippen molar-refractivity contribution in [2.24, 2.45) is 0 Å². The van der Waals surface area contributed by atoms with Gasteiger partial charge in [-0.3, -0.25) is 4.79 Å². The molecule has 0 atom stereocenters. The van der Waals surface area contributed by atoms with Crippen LogP contribution in [0, 0.1) is 29.6 Å². The third-order valence-corrected chi connectivity index (χ3v) is 9.77. The number of phenolic OH excluding ortho intramolecular Hbond substituents is 1. The molecule has 0 spiro atoms. The zero-order valence-corrected chi connectivity index (χ0v) is 31.4. The molecule has 1 amide bonds. The van der Waals surface area contributed by atoms with Crippen molar-refractivity contribution in [2.45, 2.75) is 69.1 Å². The highest BCUT2D eigenvalue weighted by molar-refractivity contribution is 7.94. The largest absolute Gasteiger partial charge is 0.506 e. The fourth-order valence-corrected chi connectivity index (χ4v) is 6.29. The van der Waals surface area contributed by atoms with Crippen LogP contribution in [0.1, 0.15) is 58.2 Å². The summed E-state index contributed by atoms with van der Waals surface area (Å²) >= 11 is 0. The zero-order chi connectivity index (χ0) is 39.5. The Hall–Kier alpha value is -5.64. The predicted octanol–water partition coefficient (Wildman–Crippen LogP) is 6.09. The highest BCUT2D eigenvalue weighted by atomic mass is 32.2. The summed E-state index contributed by atoms with van der Waals surface area (Å²) in [6.07, 6.45) is 1.79. The minimum absolute atomic E-state index is 0.0200. The minimum atomic E-state index is -3.77. The molecule has 0 unspecified atom stereocenters. The lowest BCUT2D eigenvalue weighted by Gasteiger charge is -2.23. The number of phenols is 1. The van der Waals surface area contributed by atoms with E-state index in [9.17, 15) is 31.5 Å². The van der Waals surface area contributed by atoms with E-state index in [4.69, 9.17) is 25.1 Å². The van der Waals surface area contributed by atoms with Gasteiger partial charge in [-0.25, -0.2) is 21.6 Å². The van der Waals surface area contributed by atoms with Crippen LogP contribution in [0.5, 0.6) is 17.2 Å². The van der Waals surface area contributed by atoms with Crippen LogP contribution in [0.4, 0.5) is 5.69 Å². The van der Waals surface area contributed by atoms with Crippen LogP contribution in [-0.2, 0) is 40.1 Å². The SMILES string of the molecule is CC(C)(C)c1cc(S(=O)(=O)C=CC#N)ccc1OCC(=O)O.Cc1ccc(O)c(NC(=O)COc2ccc(S(=O)(=O)C=CC#N)cc2C(C)(C)C)c1. The van der Waals surface area contributed by atoms with E-state index in [1.807, 2.05) is 48.5 Å². The Morgan fingerprint density at radius 1 is 0.750 bits per heavy atom. The Kier molecular flexibility index (Phi) is 14.3. The van der Waals surface area contributed by atoms with Gasteiger partial charge in [0.15, 0.2) is 13.2 Å². The summed E-state index contributed by atoms with van der Waals surface area (Å²) in [7, 11) is -7.50. The fourth-order valence-electron chi connectivity index (χ4n) is 4.41. The number of rotatable bonds is 11. The summed E-state index contributed by atoms with van der Waals surface area (Å²) in [4.78, 5) is 22.9. The molecular weight excluding hydrogens is 711 g/mol. The van der Waals surface area contributed by atoms with Gasteiger partial charge in [-0.15, -0.1) is 0 Å². The molecule has 3 rings (SSSR count). The van der Waals surface area contributed by atoms with Crippen LogP contribution in [0.2, 0.25) is 0 Å². The Labute approximate surface area is 304 Å². The summed E-state index contributed by atoms with van der Waals surface area (Å²) in [6.45, 7) is 12.3. The summed E-state index contributed by atoms with van der Waals surface area (Å²) in [6, 6.07) is 16.7. The zero-order valence-electron chi connectivity index (χ0n) is 29.8. The molecule has 52 heavy (non-hydrogen) atoms. The van der Waals surface area contributed by atoms with Crippen molar-refractivity contribution in [1.29, 1.82) is 10.5 Å². The molecule has 0 fully saturated rings. The molecule has 3 aromatic rings. The number of carbonyl (C=O) groups excluding carboxylic acids is 1. The number of nitrogens with zero attached hydrogens (tertiary/aromatic N) is 2.